The molecule has 2 nitrogen and oxygen atoms in total. The summed E-state index contributed by atoms with van der Waals surface area (Å²) in [4.78, 5) is 8.69. The van der Waals surface area contributed by atoms with E-state index in [1.54, 1.807) is 0 Å². The topological polar surface area (TPSA) is 25.8 Å². The van der Waals surface area contributed by atoms with E-state index in [-0.39, 0.29) is 0 Å². The van der Waals surface area contributed by atoms with Gasteiger partial charge in [0.15, 0.2) is 0 Å². The van der Waals surface area contributed by atoms with Crippen LogP contribution in [-0.4, -0.2) is 9.97 Å². The van der Waals surface area contributed by atoms with Crippen molar-refractivity contribution >= 4 is 32.3 Å². The van der Waals surface area contributed by atoms with E-state index in [9.17, 15) is 0 Å². The number of pyridine rings is 2. The second kappa shape index (κ2) is 10.7. The standard InChI is InChI=1S/C41H28N2/c1-2-8-28(9-3-1)22-40-36-10-4-6-12-38(36)41(39-13-7-5-11-37(39)40)33-17-16-30-23-32(15-14-31(30)24-33)35-25-34(26-43-27-35)29-18-20-42-21-19-29/h1-21,23-27H,22H2. The van der Waals surface area contributed by atoms with Crippen LogP contribution in [0, 0.1) is 0 Å². The number of hydrogen-bond acceptors (Lipinski definition) is 2. The Labute approximate surface area is 251 Å². The van der Waals surface area contributed by atoms with Crippen LogP contribution in [0.3, 0.4) is 0 Å². The van der Waals surface area contributed by atoms with E-state index in [4.69, 9.17) is 0 Å². The van der Waals surface area contributed by atoms with E-state index in [1.165, 1.54) is 54.6 Å². The van der Waals surface area contributed by atoms with Gasteiger partial charge >= 0.3 is 0 Å². The molecule has 43 heavy (non-hydrogen) atoms. The van der Waals surface area contributed by atoms with Crippen LogP contribution in [0.4, 0.5) is 0 Å². The summed E-state index contributed by atoms with van der Waals surface area (Å²) in [5.74, 6) is 0. The average Bonchev–Trinajstić information content (AvgIpc) is 3.09. The molecule has 0 aliphatic carbocycles. The molecule has 0 radical (unpaired) electrons. The Hall–Kier alpha value is -5.60. The van der Waals surface area contributed by atoms with Crippen LogP contribution in [0.2, 0.25) is 0 Å². The van der Waals surface area contributed by atoms with Crippen LogP contribution >= 0.6 is 0 Å². The number of benzene rings is 6. The van der Waals surface area contributed by atoms with Crippen molar-refractivity contribution in [1.29, 1.82) is 0 Å². The third kappa shape index (κ3) is 4.64. The zero-order valence-electron chi connectivity index (χ0n) is 23.6. The molecule has 0 amide bonds. The maximum absolute atomic E-state index is 4.54. The summed E-state index contributed by atoms with van der Waals surface area (Å²) < 4.78 is 0. The molecule has 0 aliphatic heterocycles. The largest absolute Gasteiger partial charge is 0.265 e. The van der Waals surface area contributed by atoms with Crippen LogP contribution < -0.4 is 0 Å². The molecule has 0 atom stereocenters. The zero-order valence-corrected chi connectivity index (χ0v) is 23.6. The van der Waals surface area contributed by atoms with E-state index in [0.717, 1.165) is 28.7 Å². The lowest BCUT2D eigenvalue weighted by Gasteiger charge is -2.18. The quantitative estimate of drug-likeness (QED) is 0.200. The van der Waals surface area contributed by atoms with Crippen molar-refractivity contribution in [2.45, 2.75) is 6.42 Å². The minimum Gasteiger partial charge on any atom is -0.265 e. The summed E-state index contributed by atoms with van der Waals surface area (Å²) in [6, 6.07) is 48.4. The number of nitrogens with zero attached hydrogens (tertiary/aromatic N) is 2. The number of hydrogen-bond donors (Lipinski definition) is 0. The van der Waals surface area contributed by atoms with E-state index in [2.05, 4.69) is 131 Å². The van der Waals surface area contributed by atoms with Gasteiger partial charge in [-0.1, -0.05) is 103 Å². The molecule has 202 valence electrons. The number of aromatic nitrogens is 2. The van der Waals surface area contributed by atoms with Gasteiger partial charge in [0.1, 0.15) is 0 Å². The van der Waals surface area contributed by atoms with Gasteiger partial charge in [0, 0.05) is 35.9 Å². The Bertz CT molecular complexity index is 2200. The fourth-order valence-electron chi connectivity index (χ4n) is 6.40. The van der Waals surface area contributed by atoms with E-state index in [0.29, 0.717) is 0 Å². The lowest BCUT2D eigenvalue weighted by atomic mass is 9.86. The molecule has 6 aromatic carbocycles. The number of rotatable bonds is 5. The highest BCUT2D eigenvalue weighted by Crippen LogP contribution is 2.41. The Morgan fingerprint density at radius 1 is 0.395 bits per heavy atom. The van der Waals surface area contributed by atoms with Crippen molar-refractivity contribution in [3.8, 4) is 33.4 Å². The summed E-state index contributed by atoms with van der Waals surface area (Å²) in [7, 11) is 0. The fourth-order valence-corrected chi connectivity index (χ4v) is 6.40. The van der Waals surface area contributed by atoms with Crippen LogP contribution in [0.15, 0.2) is 158 Å². The molecule has 0 bridgehead atoms. The van der Waals surface area contributed by atoms with Crippen molar-refractivity contribution in [3.63, 3.8) is 0 Å². The second-order valence-electron chi connectivity index (χ2n) is 11.1. The molecule has 2 heterocycles. The van der Waals surface area contributed by atoms with Crippen molar-refractivity contribution < 1.29 is 0 Å². The molecule has 0 N–H and O–H groups in total. The second-order valence-corrected chi connectivity index (χ2v) is 11.1. The third-order valence-electron chi connectivity index (χ3n) is 8.48. The molecule has 0 unspecified atom stereocenters. The highest BCUT2D eigenvalue weighted by atomic mass is 14.6. The molecule has 0 saturated carbocycles. The molecule has 0 aliphatic rings. The van der Waals surface area contributed by atoms with Gasteiger partial charge in [-0.05, 0) is 102 Å². The van der Waals surface area contributed by atoms with Gasteiger partial charge < -0.3 is 0 Å². The average molecular weight is 549 g/mol. The van der Waals surface area contributed by atoms with Crippen LogP contribution in [0.5, 0.6) is 0 Å². The number of fused-ring (bicyclic) bond motifs is 3. The maximum atomic E-state index is 4.54. The highest BCUT2D eigenvalue weighted by Gasteiger charge is 2.16. The van der Waals surface area contributed by atoms with Crippen LogP contribution in [0.25, 0.3) is 65.7 Å². The van der Waals surface area contributed by atoms with Crippen molar-refractivity contribution in [3.05, 3.63) is 169 Å². The normalized spacial score (nSPS) is 11.3. The Balaban J connectivity index is 1.25. The fraction of sp³-hybridized carbons (Fsp3) is 0.0244. The van der Waals surface area contributed by atoms with E-state index < -0.39 is 0 Å². The van der Waals surface area contributed by atoms with Gasteiger partial charge in [-0.25, -0.2) is 0 Å². The first-order valence-electron chi connectivity index (χ1n) is 14.7. The lowest BCUT2D eigenvalue weighted by molar-refractivity contribution is 1.23. The summed E-state index contributed by atoms with van der Waals surface area (Å²) in [5, 5.41) is 7.66. The molecule has 2 aromatic heterocycles. The van der Waals surface area contributed by atoms with Gasteiger partial charge in [-0.15, -0.1) is 0 Å². The smallest absolute Gasteiger partial charge is 0.0346 e. The van der Waals surface area contributed by atoms with Crippen LogP contribution in [0.1, 0.15) is 11.1 Å². The molecule has 0 fully saturated rings. The Kier molecular flexibility index (Phi) is 6.23. The monoisotopic (exact) mass is 548 g/mol. The van der Waals surface area contributed by atoms with Gasteiger partial charge in [-0.2, -0.15) is 0 Å². The van der Waals surface area contributed by atoms with Gasteiger partial charge in [-0.3, -0.25) is 9.97 Å². The summed E-state index contributed by atoms with van der Waals surface area (Å²) in [6.07, 6.45) is 8.39. The highest BCUT2D eigenvalue weighted by molar-refractivity contribution is 6.15. The molecule has 2 heteroatoms. The first-order chi connectivity index (χ1) is 21.3. The Morgan fingerprint density at radius 3 is 1.63 bits per heavy atom. The molecular weight excluding hydrogens is 520 g/mol. The van der Waals surface area contributed by atoms with Crippen LogP contribution in [-0.2, 0) is 6.42 Å². The first-order valence-corrected chi connectivity index (χ1v) is 14.7. The van der Waals surface area contributed by atoms with E-state index in [1.807, 2.05) is 36.9 Å². The molecular formula is C41H28N2. The molecule has 0 saturated heterocycles. The molecule has 0 spiro atoms. The predicted octanol–water partition coefficient (Wildman–Crippen LogP) is 10.5. The molecule has 8 aromatic rings. The molecule has 8 rings (SSSR count). The van der Waals surface area contributed by atoms with Gasteiger partial charge in [0.25, 0.3) is 0 Å². The van der Waals surface area contributed by atoms with Crippen molar-refractivity contribution in [2.24, 2.45) is 0 Å². The minimum atomic E-state index is 0.903. The SMILES string of the molecule is c1ccc(Cc2c3ccccc3c(-c3ccc4cc(-c5cncc(-c6ccncc6)c5)ccc4c3)c3ccccc23)cc1. The van der Waals surface area contributed by atoms with Gasteiger partial charge in [0.2, 0.25) is 0 Å². The predicted molar refractivity (Wildman–Crippen MR) is 180 cm³/mol. The van der Waals surface area contributed by atoms with E-state index >= 15 is 0 Å². The summed E-state index contributed by atoms with van der Waals surface area (Å²) in [6.45, 7) is 0. The van der Waals surface area contributed by atoms with Gasteiger partial charge in [0.05, 0.1) is 0 Å². The Morgan fingerprint density at radius 2 is 0.953 bits per heavy atom. The third-order valence-corrected chi connectivity index (χ3v) is 8.48. The maximum Gasteiger partial charge on any atom is 0.0346 e. The lowest BCUT2D eigenvalue weighted by Crippen LogP contribution is -1.95. The minimum absolute atomic E-state index is 0.903. The zero-order chi connectivity index (χ0) is 28.6. The summed E-state index contributed by atoms with van der Waals surface area (Å²) >= 11 is 0. The van der Waals surface area contributed by atoms with Crippen molar-refractivity contribution in [2.75, 3.05) is 0 Å². The first kappa shape index (κ1) is 25.1. The summed E-state index contributed by atoms with van der Waals surface area (Å²) in [5.41, 5.74) is 9.70. The van der Waals surface area contributed by atoms with Crippen molar-refractivity contribution in [1.82, 2.24) is 9.97 Å².